The average Bonchev–Trinajstić information content (AvgIpc) is 2.94. The molecule has 3 rings (SSSR count). The molecule has 3 aromatic rings. The molecule has 2 aromatic carbocycles. The van der Waals surface area contributed by atoms with Crippen molar-refractivity contribution in [1.82, 2.24) is 9.88 Å². The number of aromatic nitrogens is 1. The number of rotatable bonds is 12. The predicted octanol–water partition coefficient (Wildman–Crippen LogP) is 6.60. The Hall–Kier alpha value is -3.87. The van der Waals surface area contributed by atoms with Gasteiger partial charge in [0.15, 0.2) is 12.2 Å². The number of methoxy groups -OCH3 is 1. The van der Waals surface area contributed by atoms with Crippen LogP contribution >= 0.6 is 0 Å². The molecule has 0 saturated heterocycles. The number of nitrogens with zero attached hydrogens (tertiary/aromatic N) is 3. The molecule has 0 bridgehead atoms. The molecule has 0 saturated carbocycles. The smallest absolute Gasteiger partial charge is 0.422 e. The molecule has 2 atom stereocenters. The first-order valence-electron chi connectivity index (χ1n) is 12.4. The van der Waals surface area contributed by atoms with Crippen molar-refractivity contribution in [1.29, 1.82) is 0 Å². The van der Waals surface area contributed by atoms with E-state index >= 15 is 13.2 Å². The van der Waals surface area contributed by atoms with Gasteiger partial charge in [-0.15, -0.1) is 0 Å². The van der Waals surface area contributed by atoms with Crippen molar-refractivity contribution in [2.24, 2.45) is 10.9 Å². The Morgan fingerprint density at radius 3 is 2.17 bits per heavy atom. The van der Waals surface area contributed by atoms with Gasteiger partial charge < -0.3 is 20.2 Å². The van der Waals surface area contributed by atoms with Crippen LogP contribution in [0, 0.1) is 11.6 Å². The molecule has 0 aliphatic heterocycles. The SMILES string of the molecule is CC[C@@H](C)N(/C=N\N)CC(OC)(c1ccc(F)cc1F)C(F)(F)c1ccc(-c2ccc(OCC(F)(F)F)cc2)cn1. The Kier molecular flexibility index (Phi) is 9.85. The van der Waals surface area contributed by atoms with Crippen molar-refractivity contribution < 1.29 is 40.2 Å². The third-order valence-electron chi connectivity index (χ3n) is 6.67. The highest BCUT2D eigenvalue weighted by Crippen LogP contribution is 2.49. The first-order chi connectivity index (χ1) is 19.3. The molecule has 13 heteroatoms. The number of hydrazone groups is 1. The Bertz CT molecular complexity index is 1320. The summed E-state index contributed by atoms with van der Waals surface area (Å²) in [5, 5.41) is 3.45. The maximum atomic E-state index is 16.5. The summed E-state index contributed by atoms with van der Waals surface area (Å²) < 4.78 is 109. The lowest BCUT2D eigenvalue weighted by Crippen LogP contribution is -2.55. The molecule has 0 aliphatic carbocycles. The highest BCUT2D eigenvalue weighted by molar-refractivity contribution is 5.63. The monoisotopic (exact) mass is 586 g/mol. The first kappa shape index (κ1) is 31.7. The lowest BCUT2D eigenvalue weighted by Gasteiger charge is -2.43. The van der Waals surface area contributed by atoms with Gasteiger partial charge in [-0.2, -0.15) is 27.1 Å². The van der Waals surface area contributed by atoms with Crippen LogP contribution < -0.4 is 10.6 Å². The minimum Gasteiger partial charge on any atom is -0.484 e. The summed E-state index contributed by atoms with van der Waals surface area (Å²) in [6, 6.07) is 9.74. The number of alkyl halides is 5. The molecule has 6 nitrogen and oxygen atoms in total. The topological polar surface area (TPSA) is 73.0 Å². The number of halogens is 7. The van der Waals surface area contributed by atoms with E-state index in [0.29, 0.717) is 23.6 Å². The summed E-state index contributed by atoms with van der Waals surface area (Å²) in [6.07, 6.45) is -1.72. The molecular weight excluding hydrogens is 557 g/mol. The number of hydrogen-bond donors (Lipinski definition) is 1. The molecule has 1 unspecified atom stereocenters. The molecule has 0 fully saturated rings. The van der Waals surface area contributed by atoms with Gasteiger partial charge in [0.2, 0.25) is 0 Å². The van der Waals surface area contributed by atoms with Crippen LogP contribution in [0.4, 0.5) is 30.7 Å². The summed E-state index contributed by atoms with van der Waals surface area (Å²) in [5.41, 5.74) is -3.24. The molecule has 1 heterocycles. The average molecular weight is 587 g/mol. The summed E-state index contributed by atoms with van der Waals surface area (Å²) in [4.78, 5) is 5.31. The van der Waals surface area contributed by atoms with Crippen LogP contribution in [0.25, 0.3) is 11.1 Å². The molecule has 0 amide bonds. The van der Waals surface area contributed by atoms with E-state index in [9.17, 15) is 17.6 Å². The van der Waals surface area contributed by atoms with Crippen molar-refractivity contribution in [3.63, 3.8) is 0 Å². The quantitative estimate of drug-likeness (QED) is 0.0851. The van der Waals surface area contributed by atoms with Gasteiger partial charge in [0.25, 0.3) is 0 Å². The Labute approximate surface area is 232 Å². The zero-order valence-electron chi connectivity index (χ0n) is 22.4. The van der Waals surface area contributed by atoms with Crippen molar-refractivity contribution >= 4 is 6.34 Å². The highest BCUT2D eigenvalue weighted by atomic mass is 19.4. The fourth-order valence-corrected chi connectivity index (χ4v) is 4.23. The second-order valence-corrected chi connectivity index (χ2v) is 9.28. The Balaban J connectivity index is 2.03. The maximum Gasteiger partial charge on any atom is 0.422 e. The van der Waals surface area contributed by atoms with Gasteiger partial charge in [-0.05, 0) is 49.2 Å². The second-order valence-electron chi connectivity index (χ2n) is 9.28. The normalized spacial score (nSPS) is 14.6. The summed E-state index contributed by atoms with van der Waals surface area (Å²) in [7, 11) is 0.988. The van der Waals surface area contributed by atoms with Gasteiger partial charge in [0.05, 0.1) is 6.54 Å². The van der Waals surface area contributed by atoms with Crippen LogP contribution in [0.5, 0.6) is 5.75 Å². The van der Waals surface area contributed by atoms with Gasteiger partial charge in [-0.3, -0.25) is 4.98 Å². The lowest BCUT2D eigenvalue weighted by molar-refractivity contribution is -0.220. The van der Waals surface area contributed by atoms with Crippen LogP contribution in [0.2, 0.25) is 0 Å². The zero-order chi connectivity index (χ0) is 30.4. The fourth-order valence-electron chi connectivity index (χ4n) is 4.23. The zero-order valence-corrected chi connectivity index (χ0v) is 22.4. The molecule has 0 radical (unpaired) electrons. The fraction of sp³-hybridized carbons (Fsp3) is 0.357. The lowest BCUT2D eigenvalue weighted by atomic mass is 9.83. The van der Waals surface area contributed by atoms with Gasteiger partial charge in [0.1, 0.15) is 29.4 Å². The number of benzene rings is 2. The number of ether oxygens (including phenoxy) is 2. The third kappa shape index (κ3) is 7.07. The minimum absolute atomic E-state index is 0.0275. The van der Waals surface area contributed by atoms with Crippen LogP contribution in [-0.4, -0.2) is 48.7 Å². The van der Waals surface area contributed by atoms with Gasteiger partial charge in [0, 0.05) is 36.5 Å². The standard InChI is InChI=1S/C28H29F7N4O2/c1-4-18(2)39(17-38-36)15-26(40-3,23-11-8-21(29)13-24(23)30)28(34,35)25-12-7-20(14-37-25)19-5-9-22(10-6-19)41-16-27(31,32)33/h5-14,17-18H,4,15-16,36H2,1-3H3/b38-17-/t18-,26?/m1/s1. The summed E-state index contributed by atoms with van der Waals surface area (Å²) in [5.74, 6) is -0.902. The van der Waals surface area contributed by atoms with E-state index in [1.165, 1.54) is 35.2 Å². The first-order valence-corrected chi connectivity index (χ1v) is 12.4. The Morgan fingerprint density at radius 2 is 1.66 bits per heavy atom. The van der Waals surface area contributed by atoms with E-state index in [1.54, 1.807) is 6.92 Å². The maximum absolute atomic E-state index is 16.5. The van der Waals surface area contributed by atoms with E-state index in [4.69, 9.17) is 10.6 Å². The van der Waals surface area contributed by atoms with E-state index in [2.05, 4.69) is 14.8 Å². The molecule has 0 aliphatic rings. The van der Waals surface area contributed by atoms with Crippen LogP contribution in [0.3, 0.4) is 0 Å². The van der Waals surface area contributed by atoms with Crippen molar-refractivity contribution in [3.05, 3.63) is 83.7 Å². The molecule has 2 N–H and O–H groups in total. The van der Waals surface area contributed by atoms with Gasteiger partial charge in [-0.1, -0.05) is 25.1 Å². The Morgan fingerprint density at radius 1 is 1.00 bits per heavy atom. The molecule has 0 spiro atoms. The van der Waals surface area contributed by atoms with E-state index in [1.807, 2.05) is 6.92 Å². The second kappa shape index (κ2) is 12.8. The number of pyridine rings is 1. The van der Waals surface area contributed by atoms with Crippen molar-refractivity contribution in [3.8, 4) is 16.9 Å². The molecule has 1 aromatic heterocycles. The van der Waals surface area contributed by atoms with Crippen molar-refractivity contribution in [2.45, 2.75) is 44.0 Å². The predicted molar refractivity (Wildman–Crippen MR) is 139 cm³/mol. The largest absolute Gasteiger partial charge is 0.484 e. The highest BCUT2D eigenvalue weighted by Gasteiger charge is 2.60. The van der Waals surface area contributed by atoms with Crippen LogP contribution in [0.1, 0.15) is 31.5 Å². The summed E-state index contributed by atoms with van der Waals surface area (Å²) >= 11 is 0. The van der Waals surface area contributed by atoms with Crippen molar-refractivity contribution in [2.75, 3.05) is 20.3 Å². The number of hydrogen-bond acceptors (Lipinski definition) is 5. The molecule has 222 valence electrons. The van der Waals surface area contributed by atoms with E-state index in [0.717, 1.165) is 37.8 Å². The molecular formula is C28H29F7N4O2. The van der Waals surface area contributed by atoms with E-state index < -0.39 is 53.7 Å². The molecule has 41 heavy (non-hydrogen) atoms. The third-order valence-corrected chi connectivity index (χ3v) is 6.67. The number of nitrogens with two attached hydrogens (primary N) is 1. The van der Waals surface area contributed by atoms with Gasteiger partial charge >= 0.3 is 12.1 Å². The van der Waals surface area contributed by atoms with Crippen LogP contribution in [-0.2, 0) is 16.3 Å². The van der Waals surface area contributed by atoms with Crippen LogP contribution in [0.15, 0.2) is 65.9 Å². The minimum atomic E-state index is -4.50. The van der Waals surface area contributed by atoms with E-state index in [-0.39, 0.29) is 11.8 Å². The summed E-state index contributed by atoms with van der Waals surface area (Å²) in [6.45, 7) is 1.45. The van der Waals surface area contributed by atoms with Gasteiger partial charge in [-0.25, -0.2) is 8.78 Å².